The average Bonchev–Trinajstić information content (AvgIpc) is 2.45. The van der Waals surface area contributed by atoms with Gasteiger partial charge in [0, 0.05) is 22.8 Å². The topological polar surface area (TPSA) is 58.6 Å². The minimum Gasteiger partial charge on any atom is -0.495 e. The Kier molecular flexibility index (Phi) is 4.94. The Balaban J connectivity index is 2.14. The molecule has 0 saturated carbocycles. The summed E-state index contributed by atoms with van der Waals surface area (Å²) in [5.41, 5.74) is 1.85. The summed E-state index contributed by atoms with van der Waals surface area (Å²) in [4.78, 5) is 10.8. The zero-order valence-electron chi connectivity index (χ0n) is 11.2. The molecule has 0 atom stereocenters. The number of ether oxygens (including phenoxy) is 1. The molecular formula is C15H13Cl2NO3. The molecule has 2 rings (SSSR count). The number of anilines is 1. The van der Waals surface area contributed by atoms with Crippen molar-refractivity contribution in [3.05, 3.63) is 57.6 Å². The van der Waals surface area contributed by atoms with E-state index in [2.05, 4.69) is 5.32 Å². The van der Waals surface area contributed by atoms with Gasteiger partial charge in [-0.3, -0.25) is 0 Å². The van der Waals surface area contributed by atoms with Crippen molar-refractivity contribution in [3.8, 4) is 5.75 Å². The standard InChI is InChI=1S/C15H13Cl2NO3/c1-21-14-10(6-11(16)7-13(14)17)8-18-12-4-2-9(3-5-12)15(19)20/h2-7,18H,8H2,1H3,(H,19,20). The number of carbonyl (C=O) groups is 1. The molecule has 0 fully saturated rings. The molecule has 6 heteroatoms. The molecule has 0 aliphatic heterocycles. The number of hydrogen-bond acceptors (Lipinski definition) is 3. The van der Waals surface area contributed by atoms with E-state index in [0.29, 0.717) is 22.3 Å². The second-order valence-corrected chi connectivity index (χ2v) is 5.16. The fraction of sp³-hybridized carbons (Fsp3) is 0.133. The van der Waals surface area contributed by atoms with Crippen molar-refractivity contribution in [2.45, 2.75) is 6.54 Å². The first-order valence-corrected chi connectivity index (χ1v) is 6.86. The molecule has 0 spiro atoms. The molecule has 0 saturated heterocycles. The molecule has 110 valence electrons. The Morgan fingerprint density at radius 3 is 2.48 bits per heavy atom. The van der Waals surface area contributed by atoms with E-state index in [0.717, 1.165) is 11.3 Å². The Labute approximate surface area is 132 Å². The SMILES string of the molecule is COc1c(Cl)cc(Cl)cc1CNc1ccc(C(=O)O)cc1. The highest BCUT2D eigenvalue weighted by Crippen LogP contribution is 2.32. The minimum atomic E-state index is -0.954. The van der Waals surface area contributed by atoms with E-state index in [1.807, 2.05) is 0 Å². The van der Waals surface area contributed by atoms with E-state index >= 15 is 0 Å². The third-order valence-electron chi connectivity index (χ3n) is 2.90. The third kappa shape index (κ3) is 3.80. The van der Waals surface area contributed by atoms with E-state index in [-0.39, 0.29) is 5.56 Å². The molecule has 21 heavy (non-hydrogen) atoms. The lowest BCUT2D eigenvalue weighted by Crippen LogP contribution is -2.03. The molecule has 0 unspecified atom stereocenters. The van der Waals surface area contributed by atoms with Crippen molar-refractivity contribution in [2.75, 3.05) is 12.4 Å². The van der Waals surface area contributed by atoms with Gasteiger partial charge in [0.25, 0.3) is 0 Å². The van der Waals surface area contributed by atoms with Crippen LogP contribution in [0.2, 0.25) is 10.0 Å². The highest BCUT2D eigenvalue weighted by Gasteiger charge is 2.10. The van der Waals surface area contributed by atoms with Crippen molar-refractivity contribution in [1.82, 2.24) is 0 Å². The lowest BCUT2D eigenvalue weighted by molar-refractivity contribution is 0.0697. The molecule has 0 radical (unpaired) electrons. The summed E-state index contributed by atoms with van der Waals surface area (Å²) in [5.74, 6) is -0.388. The highest BCUT2D eigenvalue weighted by atomic mass is 35.5. The predicted octanol–water partition coefficient (Wildman–Crippen LogP) is 4.31. The van der Waals surface area contributed by atoms with Crippen molar-refractivity contribution < 1.29 is 14.6 Å². The second-order valence-electron chi connectivity index (χ2n) is 4.32. The second kappa shape index (κ2) is 6.70. The lowest BCUT2D eigenvalue weighted by Gasteiger charge is -2.12. The fourth-order valence-electron chi connectivity index (χ4n) is 1.90. The Morgan fingerprint density at radius 2 is 1.90 bits per heavy atom. The number of carboxylic acid groups (broad SMARTS) is 1. The summed E-state index contributed by atoms with van der Waals surface area (Å²) in [6.45, 7) is 0.454. The Morgan fingerprint density at radius 1 is 1.24 bits per heavy atom. The summed E-state index contributed by atoms with van der Waals surface area (Å²) < 4.78 is 5.26. The van der Waals surface area contributed by atoms with Gasteiger partial charge >= 0.3 is 5.97 Å². The van der Waals surface area contributed by atoms with Crippen LogP contribution >= 0.6 is 23.2 Å². The number of benzene rings is 2. The molecule has 2 aromatic rings. The van der Waals surface area contributed by atoms with Crippen LogP contribution in [0.4, 0.5) is 5.69 Å². The van der Waals surface area contributed by atoms with Gasteiger partial charge in [-0.05, 0) is 36.4 Å². The van der Waals surface area contributed by atoms with Gasteiger partial charge in [0.1, 0.15) is 5.75 Å². The number of aromatic carboxylic acids is 1. The van der Waals surface area contributed by atoms with Gasteiger partial charge in [-0.2, -0.15) is 0 Å². The first kappa shape index (κ1) is 15.5. The van der Waals surface area contributed by atoms with Crippen molar-refractivity contribution >= 4 is 34.9 Å². The van der Waals surface area contributed by atoms with Gasteiger partial charge in [0.2, 0.25) is 0 Å². The first-order chi connectivity index (χ1) is 10.0. The maximum Gasteiger partial charge on any atom is 0.335 e. The number of hydrogen-bond donors (Lipinski definition) is 2. The lowest BCUT2D eigenvalue weighted by atomic mass is 10.1. The Bertz CT molecular complexity index is 657. The largest absolute Gasteiger partial charge is 0.495 e. The van der Waals surface area contributed by atoms with E-state index in [1.165, 1.54) is 12.1 Å². The van der Waals surface area contributed by atoms with Crippen LogP contribution in [0.3, 0.4) is 0 Å². The quantitative estimate of drug-likeness (QED) is 0.859. The molecule has 0 heterocycles. The van der Waals surface area contributed by atoms with Crippen molar-refractivity contribution in [3.63, 3.8) is 0 Å². The molecule has 4 nitrogen and oxygen atoms in total. The monoisotopic (exact) mass is 325 g/mol. The number of methoxy groups -OCH3 is 1. The van der Waals surface area contributed by atoms with Gasteiger partial charge in [-0.15, -0.1) is 0 Å². The summed E-state index contributed by atoms with van der Waals surface area (Å²) in [6.07, 6.45) is 0. The highest BCUT2D eigenvalue weighted by molar-refractivity contribution is 6.35. The van der Waals surface area contributed by atoms with Crippen LogP contribution in [0.25, 0.3) is 0 Å². The molecule has 0 aliphatic carbocycles. The predicted molar refractivity (Wildman–Crippen MR) is 83.7 cm³/mol. The molecule has 0 bridgehead atoms. The zero-order valence-corrected chi connectivity index (χ0v) is 12.7. The molecule has 2 N–H and O–H groups in total. The first-order valence-electron chi connectivity index (χ1n) is 6.10. The number of carboxylic acids is 1. The van der Waals surface area contributed by atoms with E-state index < -0.39 is 5.97 Å². The van der Waals surface area contributed by atoms with Crippen LogP contribution in [0.15, 0.2) is 36.4 Å². The summed E-state index contributed by atoms with van der Waals surface area (Å²) >= 11 is 12.1. The van der Waals surface area contributed by atoms with Gasteiger partial charge in [0.05, 0.1) is 17.7 Å². The third-order valence-corrected chi connectivity index (χ3v) is 3.40. The molecule has 0 aromatic heterocycles. The fourth-order valence-corrected chi connectivity index (χ4v) is 2.51. The molecule has 0 amide bonds. The van der Waals surface area contributed by atoms with E-state index in [4.69, 9.17) is 33.0 Å². The van der Waals surface area contributed by atoms with Gasteiger partial charge in [-0.1, -0.05) is 23.2 Å². The average molecular weight is 326 g/mol. The van der Waals surface area contributed by atoms with Crippen LogP contribution in [0, 0.1) is 0 Å². The van der Waals surface area contributed by atoms with Crippen LogP contribution < -0.4 is 10.1 Å². The summed E-state index contributed by atoms with van der Waals surface area (Å²) in [5, 5.41) is 13.0. The number of nitrogens with one attached hydrogen (secondary N) is 1. The normalized spacial score (nSPS) is 10.2. The van der Waals surface area contributed by atoms with Crippen LogP contribution in [0.1, 0.15) is 15.9 Å². The van der Waals surface area contributed by atoms with E-state index in [9.17, 15) is 4.79 Å². The van der Waals surface area contributed by atoms with Gasteiger partial charge < -0.3 is 15.2 Å². The zero-order chi connectivity index (χ0) is 15.4. The van der Waals surface area contributed by atoms with Gasteiger partial charge in [0.15, 0.2) is 0 Å². The summed E-state index contributed by atoms with van der Waals surface area (Å²) in [7, 11) is 1.54. The smallest absolute Gasteiger partial charge is 0.335 e. The number of halogens is 2. The van der Waals surface area contributed by atoms with Gasteiger partial charge in [-0.25, -0.2) is 4.79 Å². The van der Waals surface area contributed by atoms with Crippen molar-refractivity contribution in [1.29, 1.82) is 0 Å². The maximum absolute atomic E-state index is 10.8. The van der Waals surface area contributed by atoms with Crippen LogP contribution in [-0.4, -0.2) is 18.2 Å². The van der Waals surface area contributed by atoms with E-state index in [1.54, 1.807) is 31.4 Å². The Hall–Kier alpha value is -1.91. The molecular weight excluding hydrogens is 313 g/mol. The van der Waals surface area contributed by atoms with Crippen LogP contribution in [0.5, 0.6) is 5.75 Å². The van der Waals surface area contributed by atoms with Crippen molar-refractivity contribution in [2.24, 2.45) is 0 Å². The number of rotatable bonds is 5. The van der Waals surface area contributed by atoms with Crippen LogP contribution in [-0.2, 0) is 6.54 Å². The minimum absolute atomic E-state index is 0.240. The summed E-state index contributed by atoms with van der Waals surface area (Å²) in [6, 6.07) is 9.85. The molecule has 0 aliphatic rings. The maximum atomic E-state index is 10.8. The molecule has 2 aromatic carbocycles.